The Morgan fingerprint density at radius 2 is 2.05 bits per heavy atom. The summed E-state index contributed by atoms with van der Waals surface area (Å²) in [6.07, 6.45) is 10.1. The molecule has 2 rings (SSSR count). The maximum atomic E-state index is 6.25. The van der Waals surface area contributed by atoms with Crippen LogP contribution in [0.4, 0.5) is 0 Å². The Morgan fingerprint density at radius 1 is 1.20 bits per heavy atom. The fraction of sp³-hybridized carbons (Fsp3) is 0.556. The van der Waals surface area contributed by atoms with Crippen molar-refractivity contribution < 1.29 is 0 Å². The summed E-state index contributed by atoms with van der Waals surface area (Å²) < 4.78 is 0. The van der Waals surface area contributed by atoms with Gasteiger partial charge < -0.3 is 5.32 Å². The fourth-order valence-corrected chi connectivity index (χ4v) is 3.28. The van der Waals surface area contributed by atoms with E-state index in [4.69, 9.17) is 11.6 Å². The van der Waals surface area contributed by atoms with E-state index < -0.39 is 0 Å². The summed E-state index contributed by atoms with van der Waals surface area (Å²) >= 11 is 6.25. The maximum Gasteiger partial charge on any atom is 0.0536 e. The minimum absolute atomic E-state index is 0.338. The molecule has 1 unspecified atom stereocenters. The Labute approximate surface area is 128 Å². The van der Waals surface area contributed by atoms with Gasteiger partial charge in [-0.1, -0.05) is 42.7 Å². The molecule has 0 spiro atoms. The Kier molecular flexibility index (Phi) is 6.12. The predicted octanol–water partition coefficient (Wildman–Crippen LogP) is 5.58. The molecule has 0 saturated carbocycles. The summed E-state index contributed by atoms with van der Waals surface area (Å²) in [6.45, 7) is 5.38. The average Bonchev–Trinajstić information content (AvgIpc) is 2.67. The van der Waals surface area contributed by atoms with E-state index in [1.165, 1.54) is 43.2 Å². The van der Waals surface area contributed by atoms with Gasteiger partial charge in [0.05, 0.1) is 6.04 Å². The molecule has 1 atom stereocenters. The van der Waals surface area contributed by atoms with Gasteiger partial charge in [-0.3, -0.25) is 0 Å². The molecule has 20 heavy (non-hydrogen) atoms. The first kappa shape index (κ1) is 15.6. The highest BCUT2D eigenvalue weighted by atomic mass is 35.5. The van der Waals surface area contributed by atoms with Crippen molar-refractivity contribution in [2.24, 2.45) is 0 Å². The summed E-state index contributed by atoms with van der Waals surface area (Å²) in [4.78, 5) is 0. The topological polar surface area (TPSA) is 12.0 Å². The van der Waals surface area contributed by atoms with Crippen LogP contribution < -0.4 is 5.32 Å². The van der Waals surface area contributed by atoms with E-state index in [9.17, 15) is 0 Å². The molecule has 1 aliphatic carbocycles. The fourth-order valence-electron chi connectivity index (χ4n) is 2.98. The Balaban J connectivity index is 2.27. The van der Waals surface area contributed by atoms with Crippen molar-refractivity contribution in [3.8, 4) is 0 Å². The lowest BCUT2D eigenvalue weighted by Gasteiger charge is -2.23. The zero-order valence-corrected chi connectivity index (χ0v) is 13.5. The summed E-state index contributed by atoms with van der Waals surface area (Å²) in [5, 5.41) is 4.56. The van der Waals surface area contributed by atoms with Crippen molar-refractivity contribution in [3.05, 3.63) is 46.0 Å². The van der Waals surface area contributed by atoms with Gasteiger partial charge in [0.1, 0.15) is 0 Å². The quantitative estimate of drug-likeness (QED) is 0.698. The molecule has 1 aromatic rings. The highest BCUT2D eigenvalue weighted by Gasteiger charge is 2.17. The third-order valence-electron chi connectivity index (χ3n) is 3.94. The van der Waals surface area contributed by atoms with Crippen LogP contribution in [0.15, 0.2) is 29.8 Å². The SMILES string of the molecule is CCCNC(C1=CCCCCC1)c1cc(C)cc(Cl)c1. The molecule has 1 N–H and O–H groups in total. The van der Waals surface area contributed by atoms with Crippen LogP contribution in [0, 0.1) is 6.92 Å². The molecule has 0 bridgehead atoms. The number of aryl methyl sites for hydroxylation is 1. The van der Waals surface area contributed by atoms with Crippen LogP contribution in [0.2, 0.25) is 5.02 Å². The van der Waals surface area contributed by atoms with E-state index in [-0.39, 0.29) is 0 Å². The molecule has 0 fully saturated rings. The smallest absolute Gasteiger partial charge is 0.0536 e. The molecule has 0 heterocycles. The van der Waals surface area contributed by atoms with Crippen LogP contribution in [-0.2, 0) is 0 Å². The minimum Gasteiger partial charge on any atom is -0.307 e. The molecular formula is C18H26ClN. The van der Waals surface area contributed by atoms with Crippen LogP contribution in [0.1, 0.15) is 62.6 Å². The molecule has 0 radical (unpaired) electrons. The molecule has 1 nitrogen and oxygen atoms in total. The molecule has 0 aromatic heterocycles. The van der Waals surface area contributed by atoms with Crippen molar-refractivity contribution in [2.45, 2.75) is 58.4 Å². The van der Waals surface area contributed by atoms with Gasteiger partial charge in [-0.2, -0.15) is 0 Å². The molecule has 1 aromatic carbocycles. The summed E-state index contributed by atoms with van der Waals surface area (Å²) in [6, 6.07) is 6.76. The minimum atomic E-state index is 0.338. The van der Waals surface area contributed by atoms with Gasteiger partial charge in [0, 0.05) is 5.02 Å². The lowest BCUT2D eigenvalue weighted by molar-refractivity contribution is 0.567. The number of halogens is 1. The Morgan fingerprint density at radius 3 is 2.80 bits per heavy atom. The number of allylic oxidation sites excluding steroid dienone is 1. The van der Waals surface area contributed by atoms with Crippen molar-refractivity contribution in [3.63, 3.8) is 0 Å². The van der Waals surface area contributed by atoms with Crippen LogP contribution in [-0.4, -0.2) is 6.54 Å². The summed E-state index contributed by atoms with van der Waals surface area (Å²) in [7, 11) is 0. The van der Waals surface area contributed by atoms with Gasteiger partial charge in [0.15, 0.2) is 0 Å². The first-order chi connectivity index (χ1) is 9.70. The predicted molar refractivity (Wildman–Crippen MR) is 88.4 cm³/mol. The highest BCUT2D eigenvalue weighted by molar-refractivity contribution is 6.30. The van der Waals surface area contributed by atoms with Gasteiger partial charge >= 0.3 is 0 Å². The monoisotopic (exact) mass is 291 g/mol. The lowest BCUT2D eigenvalue weighted by atomic mass is 9.94. The maximum absolute atomic E-state index is 6.25. The first-order valence-electron chi connectivity index (χ1n) is 7.90. The van der Waals surface area contributed by atoms with Gasteiger partial charge in [-0.15, -0.1) is 0 Å². The summed E-state index contributed by atoms with van der Waals surface area (Å²) in [5.74, 6) is 0. The van der Waals surface area contributed by atoms with E-state index >= 15 is 0 Å². The van der Waals surface area contributed by atoms with Crippen molar-refractivity contribution in [2.75, 3.05) is 6.54 Å². The third-order valence-corrected chi connectivity index (χ3v) is 4.16. The average molecular weight is 292 g/mol. The second-order valence-electron chi connectivity index (χ2n) is 5.83. The Hall–Kier alpha value is -0.790. The normalized spacial score (nSPS) is 17.4. The third kappa shape index (κ3) is 4.36. The van der Waals surface area contributed by atoms with Crippen molar-refractivity contribution in [1.82, 2.24) is 5.32 Å². The van der Waals surface area contributed by atoms with Crippen LogP contribution >= 0.6 is 11.6 Å². The van der Waals surface area contributed by atoms with Gasteiger partial charge in [-0.05, 0) is 68.8 Å². The zero-order chi connectivity index (χ0) is 14.4. The number of benzene rings is 1. The van der Waals surface area contributed by atoms with Gasteiger partial charge in [-0.25, -0.2) is 0 Å². The van der Waals surface area contributed by atoms with E-state index in [1.807, 2.05) is 6.07 Å². The summed E-state index contributed by atoms with van der Waals surface area (Å²) in [5.41, 5.74) is 4.11. The van der Waals surface area contributed by atoms with Crippen LogP contribution in [0.5, 0.6) is 0 Å². The van der Waals surface area contributed by atoms with E-state index in [1.54, 1.807) is 5.57 Å². The van der Waals surface area contributed by atoms with Crippen LogP contribution in [0.3, 0.4) is 0 Å². The second-order valence-corrected chi connectivity index (χ2v) is 6.26. The zero-order valence-electron chi connectivity index (χ0n) is 12.7. The van der Waals surface area contributed by atoms with E-state index in [0.29, 0.717) is 6.04 Å². The molecule has 1 aliphatic rings. The molecule has 110 valence electrons. The molecule has 2 heteroatoms. The molecular weight excluding hydrogens is 266 g/mol. The second kappa shape index (κ2) is 7.85. The van der Waals surface area contributed by atoms with Gasteiger partial charge in [0.2, 0.25) is 0 Å². The van der Waals surface area contributed by atoms with E-state index in [2.05, 4.69) is 37.4 Å². The lowest BCUT2D eigenvalue weighted by Crippen LogP contribution is -2.24. The number of nitrogens with one attached hydrogen (secondary N) is 1. The van der Waals surface area contributed by atoms with Crippen molar-refractivity contribution >= 4 is 11.6 Å². The molecule has 0 amide bonds. The standard InChI is InChI=1S/C18H26ClN/c1-3-10-20-18(15-8-6-4-5-7-9-15)16-11-14(2)12-17(19)13-16/h8,11-13,18,20H,3-7,9-10H2,1-2H3. The van der Waals surface area contributed by atoms with E-state index in [0.717, 1.165) is 18.0 Å². The number of hydrogen-bond donors (Lipinski definition) is 1. The number of rotatable bonds is 5. The number of hydrogen-bond acceptors (Lipinski definition) is 1. The van der Waals surface area contributed by atoms with Crippen LogP contribution in [0.25, 0.3) is 0 Å². The van der Waals surface area contributed by atoms with Gasteiger partial charge in [0.25, 0.3) is 0 Å². The molecule has 0 aliphatic heterocycles. The highest BCUT2D eigenvalue weighted by Crippen LogP contribution is 2.31. The van der Waals surface area contributed by atoms with Crippen molar-refractivity contribution in [1.29, 1.82) is 0 Å². The molecule has 0 saturated heterocycles. The first-order valence-corrected chi connectivity index (χ1v) is 8.28. The largest absolute Gasteiger partial charge is 0.307 e. The Bertz CT molecular complexity index is 444.